The Hall–Kier alpha value is -3.15. The number of hydrogen-bond acceptors (Lipinski definition) is 4. The average molecular weight is 322 g/mol. The lowest BCUT2D eigenvalue weighted by atomic mass is 10.1. The van der Waals surface area contributed by atoms with E-state index < -0.39 is 0 Å². The minimum absolute atomic E-state index is 0.197. The van der Waals surface area contributed by atoms with Crippen LogP contribution in [0.15, 0.2) is 54.7 Å². The molecule has 3 rings (SSSR count). The van der Waals surface area contributed by atoms with E-state index in [2.05, 4.69) is 15.4 Å². The SMILES string of the molecule is COc1ccccc1-c1cc(C(=O)NCc2ccccn2)n(C)n1. The van der Waals surface area contributed by atoms with Gasteiger partial charge in [-0.2, -0.15) is 5.10 Å². The van der Waals surface area contributed by atoms with E-state index in [0.29, 0.717) is 17.9 Å². The number of nitrogens with one attached hydrogen (secondary N) is 1. The Labute approximate surface area is 140 Å². The van der Waals surface area contributed by atoms with Gasteiger partial charge in [-0.15, -0.1) is 0 Å². The molecule has 3 aromatic rings. The second kappa shape index (κ2) is 6.95. The summed E-state index contributed by atoms with van der Waals surface area (Å²) in [7, 11) is 3.36. The molecule has 0 saturated carbocycles. The van der Waals surface area contributed by atoms with E-state index in [4.69, 9.17) is 4.74 Å². The smallest absolute Gasteiger partial charge is 0.269 e. The van der Waals surface area contributed by atoms with Gasteiger partial charge in [0.25, 0.3) is 5.91 Å². The molecule has 0 aliphatic rings. The molecule has 6 heteroatoms. The predicted molar refractivity (Wildman–Crippen MR) is 90.6 cm³/mol. The molecule has 0 bridgehead atoms. The van der Waals surface area contributed by atoms with E-state index in [9.17, 15) is 4.79 Å². The maximum atomic E-state index is 12.4. The van der Waals surface area contributed by atoms with Gasteiger partial charge in [0.2, 0.25) is 0 Å². The fourth-order valence-corrected chi connectivity index (χ4v) is 2.43. The highest BCUT2D eigenvalue weighted by Crippen LogP contribution is 2.28. The zero-order valence-corrected chi connectivity index (χ0v) is 13.6. The molecule has 6 nitrogen and oxygen atoms in total. The molecule has 1 amide bonds. The Morgan fingerprint density at radius 2 is 2.00 bits per heavy atom. The van der Waals surface area contributed by atoms with Crippen LogP contribution in [0.2, 0.25) is 0 Å². The summed E-state index contributed by atoms with van der Waals surface area (Å²) >= 11 is 0. The van der Waals surface area contributed by atoms with Crippen molar-refractivity contribution < 1.29 is 9.53 Å². The van der Waals surface area contributed by atoms with Gasteiger partial charge >= 0.3 is 0 Å². The van der Waals surface area contributed by atoms with Gasteiger partial charge in [0.05, 0.1) is 25.0 Å². The Kier molecular flexibility index (Phi) is 4.56. The van der Waals surface area contributed by atoms with Crippen LogP contribution in [0.5, 0.6) is 5.75 Å². The third kappa shape index (κ3) is 3.27. The summed E-state index contributed by atoms with van der Waals surface area (Å²) in [6.45, 7) is 0.370. The van der Waals surface area contributed by atoms with Gasteiger partial charge in [-0.05, 0) is 30.3 Å². The monoisotopic (exact) mass is 322 g/mol. The number of carbonyl (C=O) groups excluding carboxylic acids is 1. The Bertz CT molecular complexity index is 843. The molecule has 0 aliphatic heterocycles. The van der Waals surface area contributed by atoms with E-state index in [-0.39, 0.29) is 5.91 Å². The first-order valence-corrected chi connectivity index (χ1v) is 7.54. The molecule has 0 radical (unpaired) electrons. The Morgan fingerprint density at radius 1 is 1.21 bits per heavy atom. The molecule has 0 saturated heterocycles. The molecule has 24 heavy (non-hydrogen) atoms. The average Bonchev–Trinajstić information content (AvgIpc) is 3.02. The number of aromatic nitrogens is 3. The molecule has 2 heterocycles. The van der Waals surface area contributed by atoms with Crippen molar-refractivity contribution in [3.8, 4) is 17.0 Å². The number of pyridine rings is 1. The lowest BCUT2D eigenvalue weighted by Gasteiger charge is -2.04. The first-order chi connectivity index (χ1) is 11.7. The van der Waals surface area contributed by atoms with E-state index >= 15 is 0 Å². The summed E-state index contributed by atoms with van der Waals surface area (Å²) < 4.78 is 6.92. The molecule has 2 aromatic heterocycles. The van der Waals surface area contributed by atoms with E-state index in [1.165, 1.54) is 0 Å². The van der Waals surface area contributed by atoms with Crippen molar-refractivity contribution in [2.75, 3.05) is 7.11 Å². The molecule has 1 aromatic carbocycles. The van der Waals surface area contributed by atoms with E-state index in [1.807, 2.05) is 42.5 Å². The van der Waals surface area contributed by atoms with Crippen molar-refractivity contribution in [2.45, 2.75) is 6.54 Å². The van der Waals surface area contributed by atoms with Gasteiger partial charge in [0.15, 0.2) is 0 Å². The van der Waals surface area contributed by atoms with Crippen LogP contribution >= 0.6 is 0 Å². The van der Waals surface area contributed by atoms with Crippen LogP contribution in [-0.2, 0) is 13.6 Å². The van der Waals surface area contributed by atoms with E-state index in [1.54, 1.807) is 31.1 Å². The summed E-state index contributed by atoms with van der Waals surface area (Å²) in [5, 5.41) is 7.28. The zero-order valence-electron chi connectivity index (χ0n) is 13.6. The van der Waals surface area contributed by atoms with Crippen LogP contribution in [0.3, 0.4) is 0 Å². The zero-order chi connectivity index (χ0) is 16.9. The third-order valence-electron chi connectivity index (χ3n) is 3.65. The summed E-state index contributed by atoms with van der Waals surface area (Å²) in [6.07, 6.45) is 1.70. The number of ether oxygens (including phenoxy) is 1. The summed E-state index contributed by atoms with van der Waals surface area (Å²) in [6, 6.07) is 14.9. The van der Waals surface area contributed by atoms with E-state index in [0.717, 1.165) is 17.0 Å². The van der Waals surface area contributed by atoms with Crippen molar-refractivity contribution in [1.29, 1.82) is 0 Å². The highest BCUT2D eigenvalue weighted by molar-refractivity contribution is 5.93. The van der Waals surface area contributed by atoms with Crippen LogP contribution in [0, 0.1) is 0 Å². The van der Waals surface area contributed by atoms with Crippen LogP contribution in [0.25, 0.3) is 11.3 Å². The number of para-hydroxylation sites is 1. The topological polar surface area (TPSA) is 69.0 Å². The summed E-state index contributed by atoms with van der Waals surface area (Å²) in [4.78, 5) is 16.6. The lowest BCUT2D eigenvalue weighted by Crippen LogP contribution is -2.25. The molecule has 0 aliphatic carbocycles. The highest BCUT2D eigenvalue weighted by Gasteiger charge is 2.16. The Morgan fingerprint density at radius 3 is 2.75 bits per heavy atom. The highest BCUT2D eigenvalue weighted by atomic mass is 16.5. The molecule has 0 unspecified atom stereocenters. The fourth-order valence-electron chi connectivity index (χ4n) is 2.43. The predicted octanol–water partition coefficient (Wildman–Crippen LogP) is 2.42. The first-order valence-electron chi connectivity index (χ1n) is 7.54. The summed E-state index contributed by atoms with van der Waals surface area (Å²) in [5.74, 6) is 0.521. The lowest BCUT2D eigenvalue weighted by molar-refractivity contribution is 0.0941. The quantitative estimate of drug-likeness (QED) is 0.783. The molecule has 0 fully saturated rings. The van der Waals surface area contributed by atoms with Gasteiger partial charge in [-0.3, -0.25) is 14.5 Å². The number of benzene rings is 1. The molecule has 0 atom stereocenters. The van der Waals surface area contributed by atoms with Crippen molar-refractivity contribution in [1.82, 2.24) is 20.1 Å². The van der Waals surface area contributed by atoms with Gasteiger partial charge in [0.1, 0.15) is 11.4 Å². The van der Waals surface area contributed by atoms with Gasteiger partial charge in [-0.1, -0.05) is 18.2 Å². The Balaban J connectivity index is 1.80. The minimum Gasteiger partial charge on any atom is -0.496 e. The molecule has 1 N–H and O–H groups in total. The number of carbonyl (C=O) groups is 1. The van der Waals surface area contributed by atoms with Crippen molar-refractivity contribution in [3.05, 3.63) is 66.1 Å². The second-order valence-electron chi connectivity index (χ2n) is 5.24. The third-order valence-corrected chi connectivity index (χ3v) is 3.65. The minimum atomic E-state index is -0.197. The first kappa shape index (κ1) is 15.7. The fraction of sp³-hybridized carbons (Fsp3) is 0.167. The number of rotatable bonds is 5. The molecular weight excluding hydrogens is 304 g/mol. The maximum Gasteiger partial charge on any atom is 0.269 e. The van der Waals surface area contributed by atoms with Crippen LogP contribution in [0.4, 0.5) is 0 Å². The van der Waals surface area contributed by atoms with Gasteiger partial charge in [-0.25, -0.2) is 0 Å². The van der Waals surface area contributed by atoms with Gasteiger partial charge < -0.3 is 10.1 Å². The largest absolute Gasteiger partial charge is 0.496 e. The normalized spacial score (nSPS) is 10.4. The second-order valence-corrected chi connectivity index (χ2v) is 5.24. The van der Waals surface area contributed by atoms with Crippen LogP contribution < -0.4 is 10.1 Å². The standard InChI is InChI=1S/C18H18N4O2/c1-22-16(18(23)20-12-13-7-5-6-10-19-13)11-15(21-22)14-8-3-4-9-17(14)24-2/h3-11H,12H2,1-2H3,(H,20,23). The van der Waals surface area contributed by atoms with Crippen LogP contribution in [0.1, 0.15) is 16.2 Å². The van der Waals surface area contributed by atoms with Crippen molar-refractivity contribution in [2.24, 2.45) is 7.05 Å². The number of hydrogen-bond donors (Lipinski definition) is 1. The van der Waals surface area contributed by atoms with Crippen molar-refractivity contribution >= 4 is 5.91 Å². The number of aryl methyl sites for hydroxylation is 1. The maximum absolute atomic E-state index is 12.4. The van der Waals surface area contributed by atoms with Gasteiger partial charge in [0, 0.05) is 18.8 Å². The number of nitrogens with zero attached hydrogens (tertiary/aromatic N) is 3. The number of amides is 1. The van der Waals surface area contributed by atoms with Crippen molar-refractivity contribution in [3.63, 3.8) is 0 Å². The molecule has 0 spiro atoms. The number of methoxy groups -OCH3 is 1. The van der Waals surface area contributed by atoms with Crippen LogP contribution in [-0.4, -0.2) is 27.8 Å². The molecule has 122 valence electrons. The summed E-state index contributed by atoms with van der Waals surface area (Å²) in [5.41, 5.74) is 2.82. The molecular formula is C18H18N4O2.